The monoisotopic (exact) mass is 327 g/mol. The van der Waals surface area contributed by atoms with Crippen LogP contribution in [0.3, 0.4) is 0 Å². The molecule has 0 bridgehead atoms. The number of sulfonamides is 1. The Morgan fingerprint density at radius 3 is 2.35 bits per heavy atom. The molecule has 116 valence electrons. The molecule has 0 radical (unpaired) electrons. The second-order valence-electron chi connectivity index (χ2n) is 4.59. The molecule has 0 unspecified atom stereocenters. The molecule has 0 saturated carbocycles. The summed E-state index contributed by atoms with van der Waals surface area (Å²) in [7, 11) is -3.70. The van der Waals surface area contributed by atoms with Gasteiger partial charge in [0.15, 0.2) is 0 Å². The first-order valence-corrected chi connectivity index (χ1v) is 8.24. The summed E-state index contributed by atoms with van der Waals surface area (Å²) in [6.07, 6.45) is 4.23. The predicted molar refractivity (Wildman–Crippen MR) is 85.8 cm³/mol. The summed E-state index contributed by atoms with van der Waals surface area (Å²) in [5, 5.41) is 0. The minimum Gasteiger partial charge on any atom is -0.456 e. The predicted octanol–water partition coefficient (Wildman–Crippen LogP) is 3.07. The van der Waals surface area contributed by atoms with Crippen LogP contribution in [0.5, 0.6) is 11.5 Å². The van der Waals surface area contributed by atoms with E-state index in [1.165, 1.54) is 30.7 Å². The van der Waals surface area contributed by atoms with Gasteiger partial charge in [-0.3, -0.25) is 9.71 Å². The summed E-state index contributed by atoms with van der Waals surface area (Å²) < 4.78 is 32.3. The van der Waals surface area contributed by atoms with E-state index in [2.05, 4.69) is 14.7 Å². The van der Waals surface area contributed by atoms with Gasteiger partial charge in [-0.25, -0.2) is 13.4 Å². The molecule has 0 amide bonds. The third-order valence-corrected chi connectivity index (χ3v) is 4.24. The van der Waals surface area contributed by atoms with E-state index in [1.54, 1.807) is 12.1 Å². The van der Waals surface area contributed by atoms with E-state index >= 15 is 0 Å². The van der Waals surface area contributed by atoms with Crippen LogP contribution in [0.4, 0.5) is 5.82 Å². The molecule has 2 aromatic heterocycles. The summed E-state index contributed by atoms with van der Waals surface area (Å²) in [6.45, 7) is 0. The maximum atomic E-state index is 12.2. The first kappa shape index (κ1) is 15.0. The lowest BCUT2D eigenvalue weighted by Crippen LogP contribution is -2.13. The van der Waals surface area contributed by atoms with Crippen molar-refractivity contribution in [3.8, 4) is 11.5 Å². The lowest BCUT2D eigenvalue weighted by molar-refractivity contribution is 0.480. The first-order chi connectivity index (χ1) is 11.1. The molecule has 3 aromatic rings. The average Bonchev–Trinajstić information content (AvgIpc) is 2.58. The minimum atomic E-state index is -3.70. The van der Waals surface area contributed by atoms with Gasteiger partial charge in [-0.2, -0.15) is 0 Å². The van der Waals surface area contributed by atoms with E-state index in [9.17, 15) is 8.42 Å². The Balaban J connectivity index is 1.73. The summed E-state index contributed by atoms with van der Waals surface area (Å²) >= 11 is 0. The molecule has 23 heavy (non-hydrogen) atoms. The molecule has 1 N–H and O–H groups in total. The van der Waals surface area contributed by atoms with E-state index in [4.69, 9.17) is 4.74 Å². The fraction of sp³-hybridized carbons (Fsp3) is 0. The van der Waals surface area contributed by atoms with Crippen LogP contribution in [-0.2, 0) is 10.0 Å². The van der Waals surface area contributed by atoms with Crippen molar-refractivity contribution in [1.29, 1.82) is 0 Å². The summed E-state index contributed by atoms with van der Waals surface area (Å²) in [6, 6.07) is 15.4. The highest BCUT2D eigenvalue weighted by atomic mass is 32.2. The Hall–Kier alpha value is -2.93. The van der Waals surface area contributed by atoms with Gasteiger partial charge in [-0.05, 0) is 36.4 Å². The lowest BCUT2D eigenvalue weighted by atomic mass is 10.3. The van der Waals surface area contributed by atoms with Crippen molar-refractivity contribution in [3.05, 3.63) is 73.2 Å². The maximum Gasteiger partial charge on any atom is 0.264 e. The Bertz CT molecular complexity index is 867. The van der Waals surface area contributed by atoms with Gasteiger partial charge in [0, 0.05) is 12.4 Å². The molecule has 6 nitrogen and oxygen atoms in total. The SMILES string of the molecule is O=S(=O)(Nc1ccc(Oc2ccccc2)cn1)c1cccnc1. The van der Waals surface area contributed by atoms with E-state index < -0.39 is 10.0 Å². The highest BCUT2D eigenvalue weighted by Gasteiger charge is 2.14. The normalized spacial score (nSPS) is 11.0. The maximum absolute atomic E-state index is 12.2. The molecule has 7 heteroatoms. The van der Waals surface area contributed by atoms with E-state index in [-0.39, 0.29) is 10.7 Å². The van der Waals surface area contributed by atoms with Gasteiger partial charge in [0.2, 0.25) is 0 Å². The Morgan fingerprint density at radius 1 is 0.870 bits per heavy atom. The van der Waals surface area contributed by atoms with E-state index in [0.29, 0.717) is 11.5 Å². The number of hydrogen-bond acceptors (Lipinski definition) is 5. The van der Waals surface area contributed by atoms with Crippen molar-refractivity contribution in [2.75, 3.05) is 4.72 Å². The standard InChI is InChI=1S/C16H13N3O3S/c20-23(21,15-7-4-10-17-12-15)19-16-9-8-14(11-18-16)22-13-5-2-1-3-6-13/h1-12H,(H,18,19). The fourth-order valence-electron chi connectivity index (χ4n) is 1.83. The molecule has 0 spiro atoms. The highest BCUT2D eigenvalue weighted by molar-refractivity contribution is 7.92. The minimum absolute atomic E-state index is 0.0754. The number of rotatable bonds is 5. The Labute approximate surface area is 133 Å². The fourth-order valence-corrected chi connectivity index (χ4v) is 2.80. The molecule has 0 aliphatic heterocycles. The third-order valence-electron chi connectivity index (χ3n) is 2.90. The van der Waals surface area contributed by atoms with Crippen LogP contribution < -0.4 is 9.46 Å². The van der Waals surface area contributed by atoms with Gasteiger partial charge >= 0.3 is 0 Å². The van der Waals surface area contributed by atoms with Crippen molar-refractivity contribution in [2.45, 2.75) is 4.90 Å². The molecule has 0 atom stereocenters. The number of pyridine rings is 2. The molecule has 1 aromatic carbocycles. The Morgan fingerprint density at radius 2 is 1.70 bits per heavy atom. The van der Waals surface area contributed by atoms with Gasteiger partial charge in [-0.15, -0.1) is 0 Å². The summed E-state index contributed by atoms with van der Waals surface area (Å²) in [5.41, 5.74) is 0. The van der Waals surface area contributed by atoms with E-state index in [1.807, 2.05) is 30.3 Å². The molecule has 0 saturated heterocycles. The summed E-state index contributed by atoms with van der Waals surface area (Å²) in [5.74, 6) is 1.40. The molecule has 0 aliphatic rings. The van der Waals surface area contributed by atoms with E-state index in [0.717, 1.165) is 0 Å². The van der Waals surface area contributed by atoms with Crippen LogP contribution in [0.15, 0.2) is 78.1 Å². The number of aromatic nitrogens is 2. The van der Waals surface area contributed by atoms with Gasteiger partial charge in [-0.1, -0.05) is 18.2 Å². The van der Waals surface area contributed by atoms with Gasteiger partial charge in [0.05, 0.1) is 6.20 Å². The first-order valence-electron chi connectivity index (χ1n) is 6.75. The third kappa shape index (κ3) is 3.83. The number of anilines is 1. The van der Waals surface area contributed by atoms with Crippen LogP contribution in [0, 0.1) is 0 Å². The number of nitrogens with one attached hydrogen (secondary N) is 1. The number of hydrogen-bond donors (Lipinski definition) is 1. The van der Waals surface area contributed by atoms with Crippen LogP contribution in [0.1, 0.15) is 0 Å². The van der Waals surface area contributed by atoms with Crippen molar-refractivity contribution in [3.63, 3.8) is 0 Å². The van der Waals surface area contributed by atoms with Crippen molar-refractivity contribution >= 4 is 15.8 Å². The number of nitrogens with zero attached hydrogens (tertiary/aromatic N) is 2. The molecule has 0 aliphatic carbocycles. The van der Waals surface area contributed by atoms with Gasteiger partial charge in [0.25, 0.3) is 10.0 Å². The summed E-state index contributed by atoms with van der Waals surface area (Å²) in [4.78, 5) is 7.92. The quantitative estimate of drug-likeness (QED) is 0.779. The van der Waals surface area contributed by atoms with Crippen molar-refractivity contribution in [2.24, 2.45) is 0 Å². The van der Waals surface area contributed by atoms with Crippen molar-refractivity contribution in [1.82, 2.24) is 9.97 Å². The molecular formula is C16H13N3O3S. The van der Waals surface area contributed by atoms with Crippen LogP contribution >= 0.6 is 0 Å². The topological polar surface area (TPSA) is 81.2 Å². The highest BCUT2D eigenvalue weighted by Crippen LogP contribution is 2.21. The second-order valence-corrected chi connectivity index (χ2v) is 6.27. The number of ether oxygens (including phenoxy) is 1. The molecule has 2 heterocycles. The van der Waals surface area contributed by atoms with Crippen LogP contribution in [0.25, 0.3) is 0 Å². The van der Waals surface area contributed by atoms with Crippen LogP contribution in [-0.4, -0.2) is 18.4 Å². The molecule has 0 fully saturated rings. The zero-order chi connectivity index (χ0) is 16.1. The zero-order valence-electron chi connectivity index (χ0n) is 12.0. The smallest absolute Gasteiger partial charge is 0.264 e. The van der Waals surface area contributed by atoms with Gasteiger partial charge < -0.3 is 4.74 Å². The molecular weight excluding hydrogens is 314 g/mol. The zero-order valence-corrected chi connectivity index (χ0v) is 12.8. The number of para-hydroxylation sites is 1. The molecule has 3 rings (SSSR count). The second kappa shape index (κ2) is 6.45. The Kier molecular flexibility index (Phi) is 4.20. The van der Waals surface area contributed by atoms with Crippen molar-refractivity contribution < 1.29 is 13.2 Å². The van der Waals surface area contributed by atoms with Crippen LogP contribution in [0.2, 0.25) is 0 Å². The number of benzene rings is 1. The largest absolute Gasteiger partial charge is 0.456 e. The average molecular weight is 327 g/mol. The van der Waals surface area contributed by atoms with Gasteiger partial charge in [0.1, 0.15) is 22.2 Å². The lowest BCUT2D eigenvalue weighted by Gasteiger charge is -2.08.